The summed E-state index contributed by atoms with van der Waals surface area (Å²) in [7, 11) is 0. The van der Waals surface area contributed by atoms with Gasteiger partial charge in [0.15, 0.2) is 0 Å². The van der Waals surface area contributed by atoms with E-state index >= 15 is 0 Å². The van der Waals surface area contributed by atoms with Crippen molar-refractivity contribution >= 4 is 0 Å². The quantitative estimate of drug-likeness (QED) is 0.900. The number of rotatable bonds is 5. The van der Waals surface area contributed by atoms with Gasteiger partial charge in [0.2, 0.25) is 0 Å². The van der Waals surface area contributed by atoms with Crippen LogP contribution in [0.5, 0.6) is 0 Å². The highest BCUT2D eigenvalue weighted by atomic mass is 14.9. The van der Waals surface area contributed by atoms with Crippen molar-refractivity contribution in [2.75, 3.05) is 6.54 Å². The monoisotopic (exact) mass is 269 g/mol. The molecule has 1 heterocycles. The Bertz CT molecular complexity index is 546. The molecule has 0 saturated carbocycles. The van der Waals surface area contributed by atoms with Gasteiger partial charge in [0.05, 0.1) is 5.69 Å². The summed E-state index contributed by atoms with van der Waals surface area (Å²) in [5, 5.41) is 0. The third-order valence-corrected chi connectivity index (χ3v) is 3.59. The summed E-state index contributed by atoms with van der Waals surface area (Å²) in [5.41, 5.74) is 9.07. The molecule has 1 aromatic heterocycles. The zero-order chi connectivity index (χ0) is 14.5. The van der Waals surface area contributed by atoms with E-state index in [1.165, 1.54) is 5.56 Å². The molecule has 3 heteroatoms. The van der Waals surface area contributed by atoms with E-state index in [1.807, 2.05) is 12.3 Å². The number of nitrogens with two attached hydrogens (primary N) is 1. The van der Waals surface area contributed by atoms with Crippen LogP contribution in [0.3, 0.4) is 0 Å². The summed E-state index contributed by atoms with van der Waals surface area (Å²) in [5.74, 6) is 1.73. The van der Waals surface area contributed by atoms with Gasteiger partial charge in [-0.15, -0.1) is 0 Å². The minimum Gasteiger partial charge on any atom is -0.330 e. The van der Waals surface area contributed by atoms with Crippen molar-refractivity contribution in [1.29, 1.82) is 0 Å². The molecule has 1 aromatic carbocycles. The highest BCUT2D eigenvalue weighted by Gasteiger charge is 2.09. The van der Waals surface area contributed by atoms with Crippen molar-refractivity contribution in [2.45, 2.75) is 39.0 Å². The van der Waals surface area contributed by atoms with Crippen molar-refractivity contribution in [3.8, 4) is 11.3 Å². The number of nitrogens with zero attached hydrogens (tertiary/aromatic N) is 2. The Kier molecular flexibility index (Phi) is 4.85. The maximum Gasteiger partial charge on any atom is 0.131 e. The Balaban J connectivity index is 2.26. The highest BCUT2D eigenvalue weighted by molar-refractivity contribution is 5.59. The van der Waals surface area contributed by atoms with E-state index in [0.717, 1.165) is 23.5 Å². The van der Waals surface area contributed by atoms with Crippen LogP contribution in [0.4, 0.5) is 0 Å². The molecule has 1 unspecified atom stereocenters. The highest BCUT2D eigenvalue weighted by Crippen LogP contribution is 2.22. The summed E-state index contributed by atoms with van der Waals surface area (Å²) in [6.45, 7) is 7.18. The van der Waals surface area contributed by atoms with Gasteiger partial charge in [0.1, 0.15) is 5.82 Å². The minimum absolute atomic E-state index is 0.301. The Labute approximate surface area is 121 Å². The molecule has 2 aromatic rings. The van der Waals surface area contributed by atoms with Crippen LogP contribution in [0.15, 0.2) is 36.5 Å². The molecule has 0 bridgehead atoms. The summed E-state index contributed by atoms with van der Waals surface area (Å²) in [4.78, 5) is 9.03. The van der Waals surface area contributed by atoms with E-state index in [9.17, 15) is 0 Å². The van der Waals surface area contributed by atoms with Crippen LogP contribution in [0, 0.1) is 0 Å². The first-order valence-corrected chi connectivity index (χ1v) is 7.25. The summed E-state index contributed by atoms with van der Waals surface area (Å²) in [6, 6.07) is 10.6. The van der Waals surface area contributed by atoms with E-state index < -0.39 is 0 Å². The van der Waals surface area contributed by atoms with Gasteiger partial charge >= 0.3 is 0 Å². The molecule has 0 amide bonds. The van der Waals surface area contributed by atoms with Crippen LogP contribution in [0.2, 0.25) is 0 Å². The molecular formula is C17H23N3. The van der Waals surface area contributed by atoms with Crippen LogP contribution >= 0.6 is 0 Å². The average Bonchev–Trinajstić information content (AvgIpc) is 2.48. The lowest BCUT2D eigenvalue weighted by molar-refractivity contribution is 0.647. The minimum atomic E-state index is 0.301. The summed E-state index contributed by atoms with van der Waals surface area (Å²) < 4.78 is 0. The summed E-state index contributed by atoms with van der Waals surface area (Å²) in [6.07, 6.45) is 2.75. The number of hydrogen-bond acceptors (Lipinski definition) is 3. The predicted molar refractivity (Wildman–Crippen MR) is 83.6 cm³/mol. The fourth-order valence-corrected chi connectivity index (χ4v) is 2.19. The average molecular weight is 269 g/mol. The first kappa shape index (κ1) is 14.7. The molecule has 2 N–H and O–H groups in total. The van der Waals surface area contributed by atoms with E-state index in [0.29, 0.717) is 18.4 Å². The van der Waals surface area contributed by atoms with Gasteiger partial charge in [-0.25, -0.2) is 9.97 Å². The molecule has 2 rings (SSSR count). The van der Waals surface area contributed by atoms with E-state index in [-0.39, 0.29) is 0 Å². The molecule has 0 aliphatic carbocycles. The van der Waals surface area contributed by atoms with Crippen LogP contribution in [0.1, 0.15) is 50.4 Å². The first-order chi connectivity index (χ1) is 9.61. The Morgan fingerprint density at radius 3 is 2.35 bits per heavy atom. The topological polar surface area (TPSA) is 51.8 Å². The molecule has 0 aliphatic rings. The van der Waals surface area contributed by atoms with E-state index in [4.69, 9.17) is 5.73 Å². The Morgan fingerprint density at radius 2 is 1.75 bits per heavy atom. The van der Waals surface area contributed by atoms with Crippen LogP contribution < -0.4 is 5.73 Å². The van der Waals surface area contributed by atoms with Gasteiger partial charge in [-0.1, -0.05) is 45.0 Å². The van der Waals surface area contributed by atoms with Gasteiger partial charge in [0.25, 0.3) is 0 Å². The van der Waals surface area contributed by atoms with Gasteiger partial charge in [-0.3, -0.25) is 0 Å². The fourth-order valence-electron chi connectivity index (χ4n) is 2.19. The lowest BCUT2D eigenvalue weighted by atomic mass is 10.0. The van der Waals surface area contributed by atoms with Crippen molar-refractivity contribution in [3.63, 3.8) is 0 Å². The van der Waals surface area contributed by atoms with Crippen molar-refractivity contribution in [1.82, 2.24) is 9.97 Å². The smallest absolute Gasteiger partial charge is 0.131 e. The normalized spacial score (nSPS) is 12.7. The van der Waals surface area contributed by atoms with Gasteiger partial charge < -0.3 is 5.73 Å². The third kappa shape index (κ3) is 3.42. The standard InChI is InChI=1S/C17H23N3/c1-12(2)14-4-6-15(7-5-14)16-9-11-19-17(20-16)13(3)8-10-18/h4-7,9,11-13H,8,10,18H2,1-3H3. The molecule has 106 valence electrons. The number of hydrogen-bond donors (Lipinski definition) is 1. The first-order valence-electron chi connectivity index (χ1n) is 7.25. The molecule has 1 atom stereocenters. The molecule has 3 nitrogen and oxygen atoms in total. The summed E-state index contributed by atoms with van der Waals surface area (Å²) >= 11 is 0. The lowest BCUT2D eigenvalue weighted by Gasteiger charge is -2.10. The zero-order valence-corrected chi connectivity index (χ0v) is 12.5. The molecular weight excluding hydrogens is 246 g/mol. The number of aromatic nitrogens is 2. The second-order valence-electron chi connectivity index (χ2n) is 5.56. The second kappa shape index (κ2) is 6.62. The second-order valence-corrected chi connectivity index (χ2v) is 5.56. The SMILES string of the molecule is CC(C)c1ccc(-c2ccnc(C(C)CCN)n2)cc1. The van der Waals surface area contributed by atoms with Crippen molar-refractivity contribution in [2.24, 2.45) is 5.73 Å². The van der Waals surface area contributed by atoms with Gasteiger partial charge in [-0.05, 0) is 30.5 Å². The van der Waals surface area contributed by atoms with Gasteiger partial charge in [-0.2, -0.15) is 0 Å². The van der Waals surface area contributed by atoms with E-state index in [2.05, 4.69) is 55.0 Å². The number of benzene rings is 1. The van der Waals surface area contributed by atoms with Crippen LogP contribution in [0.25, 0.3) is 11.3 Å². The maximum absolute atomic E-state index is 5.61. The predicted octanol–water partition coefficient (Wildman–Crippen LogP) is 3.72. The zero-order valence-electron chi connectivity index (χ0n) is 12.5. The molecule has 0 saturated heterocycles. The fraction of sp³-hybridized carbons (Fsp3) is 0.412. The third-order valence-electron chi connectivity index (χ3n) is 3.59. The molecule has 0 fully saturated rings. The lowest BCUT2D eigenvalue weighted by Crippen LogP contribution is -2.08. The van der Waals surface area contributed by atoms with E-state index in [1.54, 1.807) is 0 Å². The van der Waals surface area contributed by atoms with Crippen LogP contribution in [-0.4, -0.2) is 16.5 Å². The van der Waals surface area contributed by atoms with Crippen molar-refractivity contribution in [3.05, 3.63) is 47.9 Å². The molecule has 20 heavy (non-hydrogen) atoms. The Hall–Kier alpha value is -1.74. The molecule has 0 aliphatic heterocycles. The maximum atomic E-state index is 5.61. The van der Waals surface area contributed by atoms with Crippen LogP contribution in [-0.2, 0) is 0 Å². The van der Waals surface area contributed by atoms with Crippen molar-refractivity contribution < 1.29 is 0 Å². The largest absolute Gasteiger partial charge is 0.330 e. The molecule has 0 radical (unpaired) electrons. The molecule has 0 spiro atoms. The van der Waals surface area contributed by atoms with Gasteiger partial charge in [0, 0.05) is 17.7 Å². The Morgan fingerprint density at radius 1 is 1.05 bits per heavy atom.